The normalized spacial score (nSPS) is 10.3. The van der Waals surface area contributed by atoms with Gasteiger partial charge < -0.3 is 19.5 Å². The lowest BCUT2D eigenvalue weighted by atomic mass is 10.1. The summed E-state index contributed by atoms with van der Waals surface area (Å²) in [4.78, 5) is 14.8. The van der Waals surface area contributed by atoms with E-state index in [0.29, 0.717) is 35.4 Å². The molecule has 0 atom stereocenters. The summed E-state index contributed by atoms with van der Waals surface area (Å²) in [7, 11) is 3.17. The second-order valence-electron chi connectivity index (χ2n) is 6.64. The van der Waals surface area contributed by atoms with Crippen LogP contribution in [0.5, 0.6) is 17.2 Å². The van der Waals surface area contributed by atoms with E-state index in [0.717, 1.165) is 17.0 Å². The standard InChI is InChI=1S/C24H25ClN2O4/c1-4-31-21-12-10-20(11-13-21)27(24(28)26-19-8-6-18(25)7-9-19)16-17-5-14-22(29-2)23(15-17)30-3/h5-15H,4,16H2,1-3H3,(H,26,28). The van der Waals surface area contributed by atoms with Gasteiger partial charge in [0.05, 0.1) is 27.4 Å². The Kier molecular flexibility index (Phi) is 7.62. The molecule has 0 unspecified atom stereocenters. The van der Waals surface area contributed by atoms with Gasteiger partial charge in [-0.3, -0.25) is 4.90 Å². The maximum Gasteiger partial charge on any atom is 0.326 e. The number of nitrogens with one attached hydrogen (secondary N) is 1. The van der Waals surface area contributed by atoms with Crippen LogP contribution < -0.4 is 24.4 Å². The summed E-state index contributed by atoms with van der Waals surface area (Å²) in [6.07, 6.45) is 0. The van der Waals surface area contributed by atoms with Gasteiger partial charge in [-0.15, -0.1) is 0 Å². The zero-order valence-corrected chi connectivity index (χ0v) is 18.5. The fourth-order valence-electron chi connectivity index (χ4n) is 3.06. The number of nitrogens with zero attached hydrogens (tertiary/aromatic N) is 1. The van der Waals surface area contributed by atoms with Gasteiger partial charge in [0.25, 0.3) is 0 Å². The number of ether oxygens (including phenoxy) is 3. The maximum absolute atomic E-state index is 13.2. The second-order valence-corrected chi connectivity index (χ2v) is 7.08. The van der Waals surface area contributed by atoms with E-state index >= 15 is 0 Å². The number of hydrogen-bond acceptors (Lipinski definition) is 4. The molecule has 0 saturated carbocycles. The summed E-state index contributed by atoms with van der Waals surface area (Å²) in [6, 6.07) is 19.7. The van der Waals surface area contributed by atoms with Gasteiger partial charge in [-0.05, 0) is 73.2 Å². The molecule has 3 rings (SSSR count). The van der Waals surface area contributed by atoms with Crippen molar-refractivity contribution in [1.29, 1.82) is 0 Å². The number of halogens is 1. The predicted octanol–water partition coefficient (Wildman–Crippen LogP) is 5.99. The van der Waals surface area contributed by atoms with E-state index in [1.165, 1.54) is 0 Å². The quantitative estimate of drug-likeness (QED) is 0.467. The largest absolute Gasteiger partial charge is 0.494 e. The number of methoxy groups -OCH3 is 2. The van der Waals surface area contributed by atoms with Crippen LogP contribution in [0, 0.1) is 0 Å². The highest BCUT2D eigenvalue weighted by atomic mass is 35.5. The Balaban J connectivity index is 1.89. The summed E-state index contributed by atoms with van der Waals surface area (Å²) < 4.78 is 16.2. The first-order valence-corrected chi connectivity index (χ1v) is 10.2. The molecule has 2 amide bonds. The minimum Gasteiger partial charge on any atom is -0.494 e. The lowest BCUT2D eigenvalue weighted by Crippen LogP contribution is -2.34. The number of benzene rings is 3. The van der Waals surface area contributed by atoms with E-state index in [1.54, 1.807) is 43.4 Å². The van der Waals surface area contributed by atoms with Crippen LogP contribution >= 0.6 is 11.6 Å². The second kappa shape index (κ2) is 10.6. The molecule has 162 valence electrons. The fourth-order valence-corrected chi connectivity index (χ4v) is 3.18. The first-order valence-electron chi connectivity index (χ1n) is 9.82. The van der Waals surface area contributed by atoms with Crippen LogP contribution in [-0.2, 0) is 6.54 Å². The minimum atomic E-state index is -0.277. The number of urea groups is 1. The number of anilines is 2. The summed E-state index contributed by atoms with van der Waals surface area (Å²) in [5, 5.41) is 3.52. The summed E-state index contributed by atoms with van der Waals surface area (Å²) >= 11 is 5.95. The molecule has 0 aliphatic heterocycles. The smallest absolute Gasteiger partial charge is 0.326 e. The lowest BCUT2D eigenvalue weighted by molar-refractivity contribution is 0.256. The molecule has 6 nitrogen and oxygen atoms in total. The van der Waals surface area contributed by atoms with E-state index in [9.17, 15) is 4.79 Å². The van der Waals surface area contributed by atoms with Crippen molar-refractivity contribution in [2.24, 2.45) is 0 Å². The topological polar surface area (TPSA) is 60.0 Å². The molecule has 0 bridgehead atoms. The predicted molar refractivity (Wildman–Crippen MR) is 124 cm³/mol. The molecular formula is C24H25ClN2O4. The van der Waals surface area contributed by atoms with E-state index < -0.39 is 0 Å². The van der Waals surface area contributed by atoms with Gasteiger partial charge in [-0.25, -0.2) is 4.79 Å². The summed E-state index contributed by atoms with van der Waals surface area (Å²) in [6.45, 7) is 2.83. The molecular weight excluding hydrogens is 416 g/mol. The third-order valence-electron chi connectivity index (χ3n) is 4.59. The van der Waals surface area contributed by atoms with Crippen LogP contribution in [0.3, 0.4) is 0 Å². The summed E-state index contributed by atoms with van der Waals surface area (Å²) in [5.74, 6) is 1.98. The van der Waals surface area contributed by atoms with Crippen molar-refractivity contribution < 1.29 is 19.0 Å². The Morgan fingerprint density at radius 2 is 1.61 bits per heavy atom. The van der Waals surface area contributed by atoms with Gasteiger partial charge in [0.1, 0.15) is 5.75 Å². The number of amides is 2. The van der Waals surface area contributed by atoms with Gasteiger partial charge in [0.15, 0.2) is 11.5 Å². The third-order valence-corrected chi connectivity index (χ3v) is 4.84. The monoisotopic (exact) mass is 440 g/mol. The molecule has 0 saturated heterocycles. The zero-order chi connectivity index (χ0) is 22.2. The number of carbonyl (C=O) groups excluding carboxylic acids is 1. The molecule has 0 radical (unpaired) electrons. The average Bonchev–Trinajstić information content (AvgIpc) is 2.79. The molecule has 0 aromatic heterocycles. The van der Waals surface area contributed by atoms with Crippen molar-refractivity contribution >= 4 is 29.0 Å². The summed E-state index contributed by atoms with van der Waals surface area (Å²) in [5.41, 5.74) is 2.26. The van der Waals surface area contributed by atoms with Gasteiger partial charge >= 0.3 is 6.03 Å². The van der Waals surface area contributed by atoms with Crippen LogP contribution in [0.2, 0.25) is 5.02 Å². The highest BCUT2D eigenvalue weighted by Gasteiger charge is 2.18. The Labute approximate surface area is 187 Å². The first-order chi connectivity index (χ1) is 15.0. The van der Waals surface area contributed by atoms with Crippen LogP contribution in [0.1, 0.15) is 12.5 Å². The highest BCUT2D eigenvalue weighted by molar-refractivity contribution is 6.30. The molecule has 7 heteroatoms. The van der Waals surface area contributed by atoms with Crippen molar-refractivity contribution in [3.05, 3.63) is 77.3 Å². The highest BCUT2D eigenvalue weighted by Crippen LogP contribution is 2.29. The van der Waals surface area contributed by atoms with Crippen LogP contribution in [0.25, 0.3) is 0 Å². The number of rotatable bonds is 8. The fraction of sp³-hybridized carbons (Fsp3) is 0.208. The first kappa shape index (κ1) is 22.3. The average molecular weight is 441 g/mol. The van der Waals surface area contributed by atoms with Crippen LogP contribution in [-0.4, -0.2) is 26.9 Å². The molecule has 0 fully saturated rings. The molecule has 1 N–H and O–H groups in total. The number of hydrogen-bond donors (Lipinski definition) is 1. The van der Waals surface area contributed by atoms with Gasteiger partial charge in [0.2, 0.25) is 0 Å². The van der Waals surface area contributed by atoms with Crippen molar-refractivity contribution in [2.45, 2.75) is 13.5 Å². The van der Waals surface area contributed by atoms with Crippen molar-refractivity contribution in [3.63, 3.8) is 0 Å². The zero-order valence-electron chi connectivity index (χ0n) is 17.7. The van der Waals surface area contributed by atoms with Crippen molar-refractivity contribution in [1.82, 2.24) is 0 Å². The van der Waals surface area contributed by atoms with Gasteiger partial charge in [-0.2, -0.15) is 0 Å². The molecule has 31 heavy (non-hydrogen) atoms. The SMILES string of the molecule is CCOc1ccc(N(Cc2ccc(OC)c(OC)c2)C(=O)Nc2ccc(Cl)cc2)cc1. The van der Waals surface area contributed by atoms with Gasteiger partial charge in [0, 0.05) is 16.4 Å². The van der Waals surface area contributed by atoms with Gasteiger partial charge in [-0.1, -0.05) is 17.7 Å². The molecule has 3 aromatic rings. The van der Waals surface area contributed by atoms with E-state index in [2.05, 4.69) is 5.32 Å². The number of carbonyl (C=O) groups is 1. The molecule has 0 aliphatic carbocycles. The minimum absolute atomic E-state index is 0.277. The Morgan fingerprint density at radius 3 is 2.23 bits per heavy atom. The molecule has 0 spiro atoms. The molecule has 0 aliphatic rings. The Morgan fingerprint density at radius 1 is 0.935 bits per heavy atom. The van der Waals surface area contributed by atoms with E-state index in [4.69, 9.17) is 25.8 Å². The molecule has 3 aromatic carbocycles. The Hall–Kier alpha value is -3.38. The van der Waals surface area contributed by atoms with E-state index in [1.807, 2.05) is 49.4 Å². The van der Waals surface area contributed by atoms with Crippen molar-refractivity contribution in [3.8, 4) is 17.2 Å². The maximum atomic E-state index is 13.2. The van der Waals surface area contributed by atoms with E-state index in [-0.39, 0.29) is 6.03 Å². The van der Waals surface area contributed by atoms with Crippen LogP contribution in [0.4, 0.5) is 16.2 Å². The Bertz CT molecular complexity index is 1010. The molecule has 0 heterocycles. The van der Waals surface area contributed by atoms with Crippen LogP contribution in [0.15, 0.2) is 66.7 Å². The lowest BCUT2D eigenvalue weighted by Gasteiger charge is -2.24. The van der Waals surface area contributed by atoms with Crippen molar-refractivity contribution in [2.75, 3.05) is 31.0 Å². The third kappa shape index (κ3) is 5.83.